The molecule has 3 heterocycles. The van der Waals surface area contributed by atoms with Crippen molar-refractivity contribution in [2.75, 3.05) is 31.5 Å². The Morgan fingerprint density at radius 2 is 2.11 bits per heavy atom. The normalized spacial score (nSPS) is 19.3. The first kappa shape index (κ1) is 20.4. The van der Waals surface area contributed by atoms with E-state index in [0.717, 1.165) is 43.7 Å². The van der Waals surface area contributed by atoms with Crippen LogP contribution in [0.5, 0.6) is 0 Å². The molecular formula is C20H30N4O4. The smallest absolute Gasteiger partial charge is 0.317 e. The summed E-state index contributed by atoms with van der Waals surface area (Å²) in [7, 11) is 0. The van der Waals surface area contributed by atoms with Gasteiger partial charge in [-0.2, -0.15) is 0 Å². The van der Waals surface area contributed by atoms with E-state index < -0.39 is 17.5 Å². The highest BCUT2D eigenvalue weighted by Gasteiger charge is 2.41. The summed E-state index contributed by atoms with van der Waals surface area (Å²) in [4.78, 5) is 29.7. The Bertz CT molecular complexity index is 716. The van der Waals surface area contributed by atoms with Gasteiger partial charge < -0.3 is 25.7 Å². The zero-order valence-electron chi connectivity index (χ0n) is 16.4. The van der Waals surface area contributed by atoms with Gasteiger partial charge in [0, 0.05) is 31.9 Å². The van der Waals surface area contributed by atoms with Gasteiger partial charge in [0.1, 0.15) is 5.82 Å². The first-order valence-corrected chi connectivity index (χ1v) is 10.1. The second kappa shape index (κ2) is 8.77. The van der Waals surface area contributed by atoms with Crippen LogP contribution in [0.1, 0.15) is 43.9 Å². The molecule has 28 heavy (non-hydrogen) atoms. The minimum atomic E-state index is -1.24. The van der Waals surface area contributed by atoms with Crippen LogP contribution in [0.25, 0.3) is 0 Å². The fraction of sp³-hybridized carbons (Fsp3) is 0.650. The van der Waals surface area contributed by atoms with Gasteiger partial charge in [0.25, 0.3) is 0 Å². The summed E-state index contributed by atoms with van der Waals surface area (Å²) >= 11 is 0. The van der Waals surface area contributed by atoms with Crippen LogP contribution < -0.4 is 10.6 Å². The van der Waals surface area contributed by atoms with Crippen LogP contribution in [0.2, 0.25) is 0 Å². The van der Waals surface area contributed by atoms with Crippen molar-refractivity contribution in [3.63, 3.8) is 0 Å². The first-order valence-electron chi connectivity index (χ1n) is 10.1. The summed E-state index contributed by atoms with van der Waals surface area (Å²) < 4.78 is 0. The van der Waals surface area contributed by atoms with E-state index in [4.69, 9.17) is 5.11 Å². The van der Waals surface area contributed by atoms with Gasteiger partial charge in [0.05, 0.1) is 11.5 Å². The number of carboxylic acid groups (broad SMARTS) is 1. The fourth-order valence-electron chi connectivity index (χ4n) is 3.84. The number of carbonyl (C=O) groups excluding carboxylic acids is 1. The van der Waals surface area contributed by atoms with Crippen LogP contribution in [0.4, 0.5) is 10.6 Å². The molecule has 3 rings (SSSR count). The number of fused-ring (bicyclic) bond motifs is 1. The lowest BCUT2D eigenvalue weighted by atomic mass is 9.80. The van der Waals surface area contributed by atoms with Crippen molar-refractivity contribution in [1.29, 1.82) is 0 Å². The third-order valence-electron chi connectivity index (χ3n) is 5.93. The number of piperidine rings is 1. The highest BCUT2D eigenvalue weighted by Crippen LogP contribution is 2.30. The van der Waals surface area contributed by atoms with E-state index in [2.05, 4.69) is 27.8 Å². The van der Waals surface area contributed by atoms with E-state index in [9.17, 15) is 14.7 Å². The van der Waals surface area contributed by atoms with Crippen LogP contribution in [-0.2, 0) is 17.6 Å². The number of carboxylic acids is 1. The van der Waals surface area contributed by atoms with Gasteiger partial charge in [-0.05, 0) is 57.1 Å². The first-order chi connectivity index (χ1) is 13.4. The molecule has 0 aliphatic carbocycles. The molecule has 1 aromatic rings. The number of urea groups is 1. The fourth-order valence-corrected chi connectivity index (χ4v) is 3.84. The molecule has 2 amide bonds. The Labute approximate surface area is 165 Å². The van der Waals surface area contributed by atoms with Gasteiger partial charge in [0.2, 0.25) is 0 Å². The molecule has 1 fully saturated rings. The van der Waals surface area contributed by atoms with Crippen molar-refractivity contribution in [3.8, 4) is 0 Å². The lowest BCUT2D eigenvalue weighted by Gasteiger charge is -2.40. The Morgan fingerprint density at radius 3 is 2.82 bits per heavy atom. The minimum Gasteiger partial charge on any atom is -0.481 e. The number of aromatic nitrogens is 1. The third kappa shape index (κ3) is 4.73. The van der Waals surface area contributed by atoms with Crippen molar-refractivity contribution < 1.29 is 19.8 Å². The van der Waals surface area contributed by atoms with Crippen LogP contribution in [0.15, 0.2) is 12.1 Å². The molecule has 0 radical (unpaired) electrons. The molecule has 154 valence electrons. The van der Waals surface area contributed by atoms with Gasteiger partial charge in [-0.3, -0.25) is 4.79 Å². The number of amides is 2. The van der Waals surface area contributed by atoms with Gasteiger partial charge in [-0.25, -0.2) is 9.78 Å². The number of aliphatic hydroxyl groups is 1. The van der Waals surface area contributed by atoms with Crippen molar-refractivity contribution in [1.82, 2.24) is 15.2 Å². The lowest BCUT2D eigenvalue weighted by Crippen LogP contribution is -2.53. The van der Waals surface area contributed by atoms with Crippen molar-refractivity contribution >= 4 is 17.8 Å². The molecule has 8 heteroatoms. The minimum absolute atomic E-state index is 0.162. The molecule has 0 bridgehead atoms. The van der Waals surface area contributed by atoms with Gasteiger partial charge in [0.15, 0.2) is 0 Å². The van der Waals surface area contributed by atoms with Crippen LogP contribution in [-0.4, -0.2) is 63.9 Å². The molecule has 8 nitrogen and oxygen atoms in total. The average molecular weight is 390 g/mol. The highest BCUT2D eigenvalue weighted by molar-refractivity contribution is 5.74. The van der Waals surface area contributed by atoms with E-state index in [1.54, 1.807) is 4.90 Å². The molecule has 2 aliphatic heterocycles. The number of nitrogens with zero attached hydrogens (tertiary/aromatic N) is 2. The number of hydrogen-bond acceptors (Lipinski definition) is 5. The molecule has 1 aromatic heterocycles. The third-order valence-corrected chi connectivity index (χ3v) is 5.93. The van der Waals surface area contributed by atoms with E-state index in [1.807, 2.05) is 0 Å². The van der Waals surface area contributed by atoms with E-state index >= 15 is 0 Å². The number of rotatable bonds is 6. The maximum Gasteiger partial charge on any atom is 0.317 e. The molecule has 0 aromatic carbocycles. The number of pyridine rings is 1. The molecular weight excluding hydrogens is 360 g/mol. The summed E-state index contributed by atoms with van der Waals surface area (Å²) in [6, 6.07) is 4.03. The average Bonchev–Trinajstić information content (AvgIpc) is 2.70. The monoisotopic (exact) mass is 390 g/mol. The lowest BCUT2D eigenvalue weighted by molar-refractivity contribution is -0.153. The Hall–Kier alpha value is -2.35. The van der Waals surface area contributed by atoms with Crippen molar-refractivity contribution in [2.45, 2.75) is 51.0 Å². The summed E-state index contributed by atoms with van der Waals surface area (Å²) in [5, 5.41) is 25.8. The summed E-state index contributed by atoms with van der Waals surface area (Å²) in [5.41, 5.74) is 1.05. The van der Waals surface area contributed by atoms with E-state index in [1.165, 1.54) is 12.5 Å². The topological polar surface area (TPSA) is 115 Å². The second-order valence-electron chi connectivity index (χ2n) is 7.83. The zero-order chi connectivity index (χ0) is 20.1. The van der Waals surface area contributed by atoms with Gasteiger partial charge in [-0.15, -0.1) is 0 Å². The van der Waals surface area contributed by atoms with E-state index in [-0.39, 0.29) is 18.9 Å². The maximum atomic E-state index is 12.3. The summed E-state index contributed by atoms with van der Waals surface area (Å²) in [6.07, 6.45) is 4.36. The second-order valence-corrected chi connectivity index (χ2v) is 7.83. The van der Waals surface area contributed by atoms with Crippen LogP contribution in [0, 0.1) is 5.92 Å². The number of aryl methyl sites for hydroxylation is 2. The largest absolute Gasteiger partial charge is 0.481 e. The van der Waals surface area contributed by atoms with Crippen LogP contribution >= 0.6 is 0 Å². The molecule has 1 saturated heterocycles. The molecule has 1 atom stereocenters. The van der Waals surface area contributed by atoms with E-state index in [0.29, 0.717) is 19.6 Å². The Morgan fingerprint density at radius 1 is 1.36 bits per heavy atom. The summed E-state index contributed by atoms with van der Waals surface area (Å²) in [6.45, 7) is 3.76. The van der Waals surface area contributed by atoms with Crippen molar-refractivity contribution in [3.05, 3.63) is 23.4 Å². The molecule has 4 N–H and O–H groups in total. The quantitative estimate of drug-likeness (QED) is 0.549. The number of carbonyl (C=O) groups is 2. The highest BCUT2D eigenvalue weighted by atomic mass is 16.4. The predicted octanol–water partition coefficient (Wildman–Crippen LogP) is 1.63. The number of hydrogen-bond donors (Lipinski definition) is 4. The molecule has 0 saturated carbocycles. The molecule has 2 aliphatic rings. The number of likely N-dealkylation sites (tertiary alicyclic amines) is 1. The van der Waals surface area contributed by atoms with Crippen LogP contribution in [0.3, 0.4) is 0 Å². The summed E-state index contributed by atoms with van der Waals surface area (Å²) in [5.74, 6) is -0.855. The van der Waals surface area contributed by atoms with Gasteiger partial charge in [-0.1, -0.05) is 6.07 Å². The Kier molecular flexibility index (Phi) is 6.39. The maximum absolute atomic E-state index is 12.3. The SMILES string of the molecule is CC(C(=O)O)C1(O)CCN(C(=O)NCCCc2ccc3c(n2)NCCC3)CC1. The van der Waals surface area contributed by atoms with Crippen molar-refractivity contribution in [2.24, 2.45) is 5.92 Å². The number of aliphatic carboxylic acids is 1. The van der Waals surface area contributed by atoms with Gasteiger partial charge >= 0.3 is 12.0 Å². The molecule has 0 spiro atoms. The standard InChI is InChI=1S/C20H30N4O4/c1-14(18(25)26)20(28)8-12-24(13-9-20)19(27)22-11-3-5-16-7-6-15-4-2-10-21-17(15)23-16/h6-7,14,28H,2-5,8-13H2,1H3,(H,21,23)(H,22,27)(H,25,26). The molecule has 1 unspecified atom stereocenters. The number of anilines is 1. The number of nitrogens with one attached hydrogen (secondary N) is 2. The Balaban J connectivity index is 1.39. The zero-order valence-corrected chi connectivity index (χ0v) is 16.4. The predicted molar refractivity (Wildman–Crippen MR) is 105 cm³/mol.